The largest absolute Gasteiger partial charge is 0.483 e. The highest BCUT2D eigenvalue weighted by Crippen LogP contribution is 2.24. The van der Waals surface area contributed by atoms with Crippen LogP contribution in [-0.2, 0) is 11.3 Å². The second-order valence-corrected chi connectivity index (χ2v) is 6.71. The molecule has 3 heterocycles. The number of hydrogen-bond donors (Lipinski definition) is 0. The van der Waals surface area contributed by atoms with Crippen LogP contribution < -0.4 is 4.74 Å². The molecule has 0 aliphatic carbocycles. The molecule has 0 saturated carbocycles. The van der Waals surface area contributed by atoms with Crippen molar-refractivity contribution < 1.29 is 14.3 Å². The van der Waals surface area contributed by atoms with Crippen LogP contribution in [0, 0.1) is 0 Å². The molecule has 0 radical (unpaired) electrons. The lowest BCUT2D eigenvalue weighted by atomic mass is 10.3. The van der Waals surface area contributed by atoms with Crippen molar-refractivity contribution in [3.05, 3.63) is 71.8 Å². The number of esters is 1. The summed E-state index contributed by atoms with van der Waals surface area (Å²) in [5.74, 6) is 0.361. The molecule has 4 aromatic rings. The predicted octanol–water partition coefficient (Wildman–Crippen LogP) is 3.54. The first-order valence-corrected chi connectivity index (χ1v) is 9.79. The van der Waals surface area contributed by atoms with Gasteiger partial charge in [0, 0.05) is 17.8 Å². The summed E-state index contributed by atoms with van der Waals surface area (Å²) in [5, 5.41) is 6.92. The summed E-state index contributed by atoms with van der Waals surface area (Å²) in [6.07, 6.45) is 5.00. The molecule has 0 bridgehead atoms. The van der Waals surface area contributed by atoms with Gasteiger partial charge in [-0.05, 0) is 25.1 Å². The fourth-order valence-corrected chi connectivity index (χ4v) is 3.30. The van der Waals surface area contributed by atoms with Crippen LogP contribution in [0.5, 0.6) is 5.75 Å². The molecule has 0 aliphatic rings. The number of aromatic nitrogens is 5. The predicted molar refractivity (Wildman–Crippen MR) is 107 cm³/mol. The zero-order valence-electron chi connectivity index (χ0n) is 15.6. The van der Waals surface area contributed by atoms with Crippen molar-refractivity contribution in [1.29, 1.82) is 0 Å². The van der Waals surface area contributed by atoms with Gasteiger partial charge in [-0.2, -0.15) is 5.10 Å². The highest BCUT2D eigenvalue weighted by Gasteiger charge is 2.20. The van der Waals surface area contributed by atoms with Gasteiger partial charge in [0.1, 0.15) is 6.61 Å². The molecule has 0 spiro atoms. The fraction of sp³-hybridized carbons (Fsp3) is 0.150. The molecule has 29 heavy (non-hydrogen) atoms. The van der Waals surface area contributed by atoms with Crippen LogP contribution in [0.25, 0.3) is 16.5 Å². The number of carbonyl (C=O) groups excluding carboxylic acids is 1. The van der Waals surface area contributed by atoms with Crippen LogP contribution in [0.4, 0.5) is 0 Å². The Hall–Kier alpha value is -3.59. The smallest absolute Gasteiger partial charge is 0.362 e. The van der Waals surface area contributed by atoms with Crippen LogP contribution in [0.15, 0.2) is 60.4 Å². The van der Waals surface area contributed by atoms with Gasteiger partial charge >= 0.3 is 5.97 Å². The van der Waals surface area contributed by atoms with E-state index in [9.17, 15) is 4.79 Å². The minimum absolute atomic E-state index is 0.123. The van der Waals surface area contributed by atoms with Gasteiger partial charge in [0.2, 0.25) is 5.69 Å². The first kappa shape index (κ1) is 18.8. The molecule has 0 N–H and O–H groups in total. The van der Waals surface area contributed by atoms with Gasteiger partial charge in [-0.15, -0.1) is 11.3 Å². The van der Waals surface area contributed by atoms with Gasteiger partial charge in [-0.3, -0.25) is 0 Å². The van der Waals surface area contributed by atoms with Crippen molar-refractivity contribution in [3.8, 4) is 22.3 Å². The lowest BCUT2D eigenvalue weighted by molar-refractivity contribution is 0.0514. The zero-order valence-corrected chi connectivity index (χ0v) is 16.4. The highest BCUT2D eigenvalue weighted by atomic mass is 32.1. The summed E-state index contributed by atoms with van der Waals surface area (Å²) < 4.78 is 12.6. The maximum atomic E-state index is 12.3. The molecule has 146 valence electrons. The van der Waals surface area contributed by atoms with E-state index in [-0.39, 0.29) is 18.9 Å². The van der Waals surface area contributed by atoms with E-state index in [0.717, 1.165) is 5.69 Å². The Kier molecular flexibility index (Phi) is 5.57. The molecule has 9 heteroatoms. The SMILES string of the molecule is CCOC(=O)c1nn(-c2ccccc2)cc1OCc1csc(-c2ncccn2)n1. The quantitative estimate of drug-likeness (QED) is 0.433. The normalized spacial score (nSPS) is 10.7. The first-order valence-electron chi connectivity index (χ1n) is 8.91. The number of thiazole rings is 1. The number of ether oxygens (including phenoxy) is 2. The van der Waals surface area contributed by atoms with Crippen LogP contribution in [0.3, 0.4) is 0 Å². The average Bonchev–Trinajstić information content (AvgIpc) is 3.41. The van der Waals surface area contributed by atoms with Crippen molar-refractivity contribution in [1.82, 2.24) is 24.7 Å². The summed E-state index contributed by atoms with van der Waals surface area (Å²) in [6, 6.07) is 11.2. The summed E-state index contributed by atoms with van der Waals surface area (Å²) in [6.45, 7) is 2.17. The van der Waals surface area contributed by atoms with Gasteiger partial charge in [0.15, 0.2) is 16.6 Å². The molecule has 0 saturated heterocycles. The maximum absolute atomic E-state index is 12.3. The molecule has 0 amide bonds. The molecule has 0 unspecified atom stereocenters. The van der Waals surface area contributed by atoms with E-state index in [1.54, 1.807) is 36.3 Å². The highest BCUT2D eigenvalue weighted by molar-refractivity contribution is 7.13. The Labute approximate surface area is 170 Å². The Morgan fingerprint density at radius 3 is 2.69 bits per heavy atom. The first-order chi connectivity index (χ1) is 14.2. The molecule has 1 aromatic carbocycles. The molecular formula is C20H17N5O3S. The molecule has 0 atom stereocenters. The lowest BCUT2D eigenvalue weighted by Crippen LogP contribution is -2.08. The summed E-state index contributed by atoms with van der Waals surface area (Å²) in [5.41, 5.74) is 1.64. The minimum Gasteiger partial charge on any atom is -0.483 e. The number of benzene rings is 1. The molecule has 3 aromatic heterocycles. The van der Waals surface area contributed by atoms with E-state index >= 15 is 0 Å². The van der Waals surface area contributed by atoms with Gasteiger partial charge in [0.25, 0.3) is 0 Å². The van der Waals surface area contributed by atoms with E-state index in [4.69, 9.17) is 9.47 Å². The second kappa shape index (κ2) is 8.61. The minimum atomic E-state index is -0.533. The van der Waals surface area contributed by atoms with E-state index in [2.05, 4.69) is 20.1 Å². The fourth-order valence-electron chi connectivity index (χ4n) is 2.55. The Balaban J connectivity index is 1.55. The summed E-state index contributed by atoms with van der Waals surface area (Å²) in [7, 11) is 0. The maximum Gasteiger partial charge on any atom is 0.362 e. The van der Waals surface area contributed by atoms with Crippen molar-refractivity contribution >= 4 is 17.3 Å². The van der Waals surface area contributed by atoms with Gasteiger partial charge in [-0.25, -0.2) is 24.4 Å². The standard InChI is InChI=1S/C20H17N5O3S/c1-2-27-20(26)17-16(11-25(24-17)15-7-4-3-5-8-15)28-12-14-13-29-19(23-14)18-21-9-6-10-22-18/h3-11,13H,2,12H2,1H3. The third kappa shape index (κ3) is 4.30. The van der Waals surface area contributed by atoms with Crippen molar-refractivity contribution in [2.24, 2.45) is 0 Å². The summed E-state index contributed by atoms with van der Waals surface area (Å²) in [4.78, 5) is 25.2. The van der Waals surface area contributed by atoms with Gasteiger partial charge in [-0.1, -0.05) is 18.2 Å². The molecule has 8 nitrogen and oxygen atoms in total. The monoisotopic (exact) mass is 407 g/mol. The van der Waals surface area contributed by atoms with E-state index in [1.165, 1.54) is 11.3 Å². The molecular weight excluding hydrogens is 390 g/mol. The third-order valence-electron chi connectivity index (χ3n) is 3.85. The van der Waals surface area contributed by atoms with E-state index in [0.29, 0.717) is 22.3 Å². The van der Waals surface area contributed by atoms with E-state index < -0.39 is 5.97 Å². The van der Waals surface area contributed by atoms with Crippen LogP contribution in [0.1, 0.15) is 23.1 Å². The number of nitrogens with zero attached hydrogens (tertiary/aromatic N) is 5. The zero-order chi connectivity index (χ0) is 20.1. The van der Waals surface area contributed by atoms with E-state index in [1.807, 2.05) is 35.7 Å². The Morgan fingerprint density at radius 2 is 1.93 bits per heavy atom. The Morgan fingerprint density at radius 1 is 1.14 bits per heavy atom. The average molecular weight is 407 g/mol. The van der Waals surface area contributed by atoms with Gasteiger partial charge in [0.05, 0.1) is 24.2 Å². The van der Waals surface area contributed by atoms with Crippen molar-refractivity contribution in [2.45, 2.75) is 13.5 Å². The number of carbonyl (C=O) groups is 1. The van der Waals surface area contributed by atoms with Gasteiger partial charge < -0.3 is 9.47 Å². The van der Waals surface area contributed by atoms with Crippen LogP contribution >= 0.6 is 11.3 Å². The van der Waals surface area contributed by atoms with Crippen molar-refractivity contribution in [2.75, 3.05) is 6.61 Å². The number of para-hydroxylation sites is 1. The van der Waals surface area contributed by atoms with Crippen LogP contribution in [0.2, 0.25) is 0 Å². The lowest BCUT2D eigenvalue weighted by Gasteiger charge is -2.03. The molecule has 4 rings (SSSR count). The summed E-state index contributed by atoms with van der Waals surface area (Å²) >= 11 is 1.43. The topological polar surface area (TPSA) is 92.0 Å². The Bertz CT molecular complexity index is 1100. The number of rotatable bonds is 7. The molecule has 0 fully saturated rings. The number of hydrogen-bond acceptors (Lipinski definition) is 8. The second-order valence-electron chi connectivity index (χ2n) is 5.85. The van der Waals surface area contributed by atoms with Crippen molar-refractivity contribution in [3.63, 3.8) is 0 Å². The molecule has 0 aliphatic heterocycles. The van der Waals surface area contributed by atoms with Crippen LogP contribution in [-0.4, -0.2) is 37.3 Å². The third-order valence-corrected chi connectivity index (χ3v) is 4.74.